The summed E-state index contributed by atoms with van der Waals surface area (Å²) in [6.45, 7) is 0.689. The zero-order valence-electron chi connectivity index (χ0n) is 18.7. The first-order chi connectivity index (χ1) is 15.7. The largest absolute Gasteiger partial charge is 0.417 e. The summed E-state index contributed by atoms with van der Waals surface area (Å²) in [6, 6.07) is 3.85. The molecule has 0 saturated heterocycles. The van der Waals surface area contributed by atoms with Gasteiger partial charge in [0.05, 0.1) is 22.6 Å². The van der Waals surface area contributed by atoms with Crippen LogP contribution >= 0.6 is 11.6 Å². The number of hydrogen-bond donors (Lipinski definition) is 3. The maximum absolute atomic E-state index is 13.4. The summed E-state index contributed by atoms with van der Waals surface area (Å²) in [5, 5.41) is 23.3. The third-order valence-electron chi connectivity index (χ3n) is 7.15. The molecule has 1 aromatic carbocycles. The number of nitrogens with zero attached hydrogens (tertiary/aromatic N) is 2. The van der Waals surface area contributed by atoms with E-state index < -0.39 is 35.5 Å². The third kappa shape index (κ3) is 4.67. The van der Waals surface area contributed by atoms with Crippen LogP contribution in [0.2, 0.25) is 5.02 Å². The summed E-state index contributed by atoms with van der Waals surface area (Å²) >= 11 is 5.79. The number of amides is 1. The molecule has 6 nitrogen and oxygen atoms in total. The number of aliphatic hydroxyl groups is 2. The van der Waals surface area contributed by atoms with Crippen molar-refractivity contribution in [2.24, 2.45) is 18.9 Å². The predicted octanol–water partition coefficient (Wildman–Crippen LogP) is 4.80. The van der Waals surface area contributed by atoms with E-state index in [0.29, 0.717) is 36.8 Å². The van der Waals surface area contributed by atoms with Crippen LogP contribution in [-0.4, -0.2) is 43.0 Å². The number of anilines is 1. The van der Waals surface area contributed by atoms with Gasteiger partial charge in [-0.05, 0) is 62.6 Å². The van der Waals surface area contributed by atoms with Gasteiger partial charge in [0.1, 0.15) is 11.5 Å². The minimum absolute atomic E-state index is 0.0344. The van der Waals surface area contributed by atoms with E-state index in [1.165, 1.54) is 18.5 Å². The van der Waals surface area contributed by atoms with E-state index in [0.717, 1.165) is 6.07 Å². The van der Waals surface area contributed by atoms with Gasteiger partial charge in [-0.3, -0.25) is 4.79 Å². The second-order valence-electron chi connectivity index (χ2n) is 9.94. The van der Waals surface area contributed by atoms with E-state index >= 15 is 0 Å². The SMILES string of the molecule is Cn1cnc(C2CC3CC(O)(CC(C)(O)C(F)(F)F)CC3C2)c1C(=O)Nc1ccc(F)c(Cl)c1. The Bertz CT molecular complexity index is 1090. The van der Waals surface area contributed by atoms with Gasteiger partial charge in [0.15, 0.2) is 5.60 Å². The summed E-state index contributed by atoms with van der Waals surface area (Å²) < 4.78 is 54.3. The monoisotopic (exact) mass is 503 g/mol. The van der Waals surface area contributed by atoms with E-state index in [2.05, 4.69) is 10.3 Å². The van der Waals surface area contributed by atoms with Gasteiger partial charge in [-0.1, -0.05) is 11.6 Å². The molecular weight excluding hydrogens is 478 g/mol. The first kappa shape index (κ1) is 24.9. The van der Waals surface area contributed by atoms with Crippen LogP contribution in [0.5, 0.6) is 0 Å². The van der Waals surface area contributed by atoms with Crippen LogP contribution < -0.4 is 5.32 Å². The van der Waals surface area contributed by atoms with E-state index in [1.807, 2.05) is 0 Å². The average molecular weight is 504 g/mol. The predicted molar refractivity (Wildman–Crippen MR) is 117 cm³/mol. The number of alkyl halides is 3. The number of carbonyl (C=O) groups excluding carboxylic acids is 1. The Morgan fingerprint density at radius 2 is 1.91 bits per heavy atom. The normalized spacial score (nSPS) is 28.6. The molecule has 2 saturated carbocycles. The van der Waals surface area contributed by atoms with Crippen LogP contribution in [0, 0.1) is 17.7 Å². The Balaban J connectivity index is 1.46. The lowest BCUT2D eigenvalue weighted by atomic mass is 9.83. The summed E-state index contributed by atoms with van der Waals surface area (Å²) in [6.07, 6.45) is -2.62. The van der Waals surface area contributed by atoms with Crippen molar-refractivity contribution in [3.05, 3.63) is 46.8 Å². The van der Waals surface area contributed by atoms with Crippen LogP contribution in [0.25, 0.3) is 0 Å². The number of benzene rings is 1. The number of aromatic nitrogens is 2. The fourth-order valence-corrected chi connectivity index (χ4v) is 5.85. The lowest BCUT2D eigenvalue weighted by Gasteiger charge is -2.34. The minimum Gasteiger partial charge on any atom is -0.390 e. The molecule has 1 aromatic heterocycles. The standard InChI is InChI=1S/C23H26ClF4N3O3/c1-21(33,23(26,27)28)10-22(34)8-13-5-12(6-14(13)9-22)18-19(31(2)11-29-18)20(32)30-15-3-4-17(25)16(24)7-15/h3-4,7,11-14,33-34H,5-6,8-10H2,1-2H3,(H,30,32). The zero-order chi connectivity index (χ0) is 25.1. The molecule has 0 spiro atoms. The maximum Gasteiger partial charge on any atom is 0.417 e. The molecule has 0 radical (unpaired) electrons. The van der Waals surface area contributed by atoms with Gasteiger partial charge in [0, 0.05) is 25.1 Å². The molecule has 0 bridgehead atoms. The van der Waals surface area contributed by atoms with Crippen molar-refractivity contribution in [3.63, 3.8) is 0 Å². The highest BCUT2D eigenvalue weighted by Gasteiger charge is 2.57. The highest BCUT2D eigenvalue weighted by atomic mass is 35.5. The second kappa shape index (κ2) is 8.49. The zero-order valence-corrected chi connectivity index (χ0v) is 19.4. The van der Waals surface area contributed by atoms with E-state index in [4.69, 9.17) is 11.6 Å². The van der Waals surface area contributed by atoms with Gasteiger partial charge in [-0.15, -0.1) is 0 Å². The Morgan fingerprint density at radius 3 is 2.47 bits per heavy atom. The number of halogens is 5. The number of hydrogen-bond acceptors (Lipinski definition) is 4. The molecule has 4 rings (SSSR count). The molecule has 2 fully saturated rings. The van der Waals surface area contributed by atoms with Gasteiger partial charge in [-0.2, -0.15) is 13.2 Å². The molecule has 3 atom stereocenters. The fraction of sp³-hybridized carbons (Fsp3) is 0.565. The van der Waals surface area contributed by atoms with Crippen LogP contribution in [0.3, 0.4) is 0 Å². The molecule has 3 unspecified atom stereocenters. The van der Waals surface area contributed by atoms with Gasteiger partial charge in [0.2, 0.25) is 0 Å². The number of nitrogens with one attached hydrogen (secondary N) is 1. The molecule has 34 heavy (non-hydrogen) atoms. The Morgan fingerprint density at radius 1 is 1.29 bits per heavy atom. The molecule has 1 heterocycles. The van der Waals surface area contributed by atoms with Crippen molar-refractivity contribution < 1.29 is 32.6 Å². The highest BCUT2D eigenvalue weighted by molar-refractivity contribution is 6.31. The van der Waals surface area contributed by atoms with Crippen molar-refractivity contribution in [2.45, 2.75) is 62.3 Å². The molecular formula is C23H26ClF4N3O3. The van der Waals surface area contributed by atoms with Gasteiger partial charge < -0.3 is 20.1 Å². The number of carbonyl (C=O) groups is 1. The summed E-state index contributed by atoms with van der Waals surface area (Å²) in [7, 11) is 1.68. The fourth-order valence-electron chi connectivity index (χ4n) is 5.67. The first-order valence-corrected chi connectivity index (χ1v) is 11.4. The highest BCUT2D eigenvalue weighted by Crippen LogP contribution is 2.56. The van der Waals surface area contributed by atoms with Crippen molar-refractivity contribution in [1.82, 2.24) is 9.55 Å². The summed E-state index contributed by atoms with van der Waals surface area (Å²) in [5.74, 6) is -1.20. The van der Waals surface area contributed by atoms with E-state index in [9.17, 15) is 32.6 Å². The molecule has 2 aliphatic rings. The molecule has 2 aromatic rings. The van der Waals surface area contributed by atoms with Crippen molar-refractivity contribution >= 4 is 23.2 Å². The Hall–Kier alpha value is -2.17. The van der Waals surface area contributed by atoms with Crippen molar-refractivity contribution in [1.29, 1.82) is 0 Å². The third-order valence-corrected chi connectivity index (χ3v) is 7.44. The molecule has 0 aliphatic heterocycles. The van der Waals surface area contributed by atoms with Gasteiger partial charge >= 0.3 is 6.18 Å². The summed E-state index contributed by atoms with van der Waals surface area (Å²) in [5.41, 5.74) is -3.32. The lowest BCUT2D eigenvalue weighted by molar-refractivity contribution is -0.267. The van der Waals surface area contributed by atoms with E-state index in [1.54, 1.807) is 11.6 Å². The summed E-state index contributed by atoms with van der Waals surface area (Å²) in [4.78, 5) is 17.4. The second-order valence-corrected chi connectivity index (χ2v) is 10.3. The molecule has 1 amide bonds. The number of rotatable bonds is 5. The van der Waals surface area contributed by atoms with Crippen LogP contribution in [0.15, 0.2) is 24.5 Å². The van der Waals surface area contributed by atoms with Crippen LogP contribution in [0.4, 0.5) is 23.2 Å². The van der Waals surface area contributed by atoms with Gasteiger partial charge in [-0.25, -0.2) is 9.37 Å². The van der Waals surface area contributed by atoms with Gasteiger partial charge in [0.25, 0.3) is 5.91 Å². The first-order valence-electron chi connectivity index (χ1n) is 11.0. The molecule has 3 N–H and O–H groups in total. The quantitative estimate of drug-likeness (QED) is 0.511. The topological polar surface area (TPSA) is 87.4 Å². The number of aryl methyl sites for hydroxylation is 1. The smallest absolute Gasteiger partial charge is 0.390 e. The molecule has 186 valence electrons. The van der Waals surface area contributed by atoms with Crippen LogP contribution in [0.1, 0.15) is 61.1 Å². The Kier molecular flexibility index (Phi) is 6.23. The average Bonchev–Trinajstić information content (AvgIpc) is 3.34. The van der Waals surface area contributed by atoms with Crippen molar-refractivity contribution in [3.8, 4) is 0 Å². The van der Waals surface area contributed by atoms with Crippen molar-refractivity contribution in [2.75, 3.05) is 5.32 Å². The van der Waals surface area contributed by atoms with E-state index in [-0.39, 0.29) is 35.6 Å². The lowest BCUT2D eigenvalue weighted by Crippen LogP contribution is -2.48. The number of imidazole rings is 1. The maximum atomic E-state index is 13.4. The Labute approximate surface area is 198 Å². The molecule has 11 heteroatoms. The number of fused-ring (bicyclic) bond motifs is 1. The molecule has 2 aliphatic carbocycles. The van der Waals surface area contributed by atoms with Crippen LogP contribution in [-0.2, 0) is 7.05 Å². The minimum atomic E-state index is -4.83.